The number of hydrogen-bond acceptors (Lipinski definition) is 4. The lowest BCUT2D eigenvalue weighted by Gasteiger charge is -2.12. The summed E-state index contributed by atoms with van der Waals surface area (Å²) in [6.07, 6.45) is 0.920. The molecule has 0 bridgehead atoms. The van der Waals surface area contributed by atoms with Crippen molar-refractivity contribution in [3.05, 3.63) is 71.7 Å². The summed E-state index contributed by atoms with van der Waals surface area (Å²) in [5.74, 6) is 0.834. The van der Waals surface area contributed by atoms with Crippen molar-refractivity contribution in [2.75, 3.05) is 10.6 Å². The van der Waals surface area contributed by atoms with Gasteiger partial charge in [0.15, 0.2) is 0 Å². The van der Waals surface area contributed by atoms with Crippen LogP contribution in [0.15, 0.2) is 54.6 Å². The lowest BCUT2D eigenvalue weighted by Crippen LogP contribution is -2.03. The molecule has 0 saturated heterocycles. The third kappa shape index (κ3) is 3.87. The fraction of sp³-hybridized carbons (Fsp3) is 0.158. The first-order chi connectivity index (χ1) is 11.6. The minimum absolute atomic E-state index is 0.291. The van der Waals surface area contributed by atoms with Crippen molar-refractivity contribution in [1.29, 1.82) is 0 Å². The predicted molar refractivity (Wildman–Crippen MR) is 95.6 cm³/mol. The second kappa shape index (κ2) is 7.08. The van der Waals surface area contributed by atoms with E-state index in [0.29, 0.717) is 17.5 Å². The summed E-state index contributed by atoms with van der Waals surface area (Å²) >= 11 is 0. The number of nitrogens with one attached hydrogen (secondary N) is 2. The van der Waals surface area contributed by atoms with E-state index in [1.54, 1.807) is 12.1 Å². The number of nitrogens with zero attached hydrogens (tertiary/aromatic N) is 2. The van der Waals surface area contributed by atoms with Gasteiger partial charge in [0.05, 0.1) is 0 Å². The van der Waals surface area contributed by atoms with Crippen LogP contribution in [0.5, 0.6) is 0 Å². The molecule has 1 heterocycles. The second-order valence-corrected chi connectivity index (χ2v) is 5.49. The van der Waals surface area contributed by atoms with Crippen molar-refractivity contribution in [1.82, 2.24) is 9.97 Å². The molecule has 0 aliphatic heterocycles. The highest BCUT2D eigenvalue weighted by molar-refractivity contribution is 5.62. The maximum Gasteiger partial charge on any atom is 0.229 e. The lowest BCUT2D eigenvalue weighted by atomic mass is 10.1. The van der Waals surface area contributed by atoms with Crippen molar-refractivity contribution >= 4 is 23.1 Å². The fourth-order valence-corrected chi connectivity index (χ4v) is 2.47. The number of rotatable bonds is 5. The topological polar surface area (TPSA) is 49.8 Å². The third-order valence-corrected chi connectivity index (χ3v) is 3.60. The molecule has 0 unspecified atom stereocenters. The Kier molecular flexibility index (Phi) is 4.70. The summed E-state index contributed by atoms with van der Waals surface area (Å²) in [7, 11) is 0. The molecule has 2 aromatic carbocycles. The number of aryl methyl sites for hydroxylation is 2. The van der Waals surface area contributed by atoms with E-state index in [4.69, 9.17) is 0 Å². The Morgan fingerprint density at radius 1 is 0.958 bits per heavy atom. The van der Waals surface area contributed by atoms with E-state index in [1.165, 1.54) is 17.7 Å². The summed E-state index contributed by atoms with van der Waals surface area (Å²) in [6, 6.07) is 16.2. The number of aromatic nitrogens is 2. The van der Waals surface area contributed by atoms with E-state index in [1.807, 2.05) is 31.2 Å². The number of anilines is 4. The molecule has 1 aromatic heterocycles. The molecule has 0 aliphatic rings. The van der Waals surface area contributed by atoms with Crippen molar-refractivity contribution < 1.29 is 4.39 Å². The Hall–Kier alpha value is -2.95. The van der Waals surface area contributed by atoms with Gasteiger partial charge in [0.2, 0.25) is 5.95 Å². The Morgan fingerprint density at radius 2 is 1.79 bits per heavy atom. The van der Waals surface area contributed by atoms with Gasteiger partial charge in [-0.1, -0.05) is 31.2 Å². The van der Waals surface area contributed by atoms with Crippen LogP contribution in [-0.4, -0.2) is 9.97 Å². The average molecular weight is 322 g/mol. The maximum atomic E-state index is 13.3. The summed E-state index contributed by atoms with van der Waals surface area (Å²) in [5.41, 5.74) is 3.65. The van der Waals surface area contributed by atoms with Crippen LogP contribution >= 0.6 is 0 Å². The van der Waals surface area contributed by atoms with Gasteiger partial charge in [-0.15, -0.1) is 0 Å². The quantitative estimate of drug-likeness (QED) is 0.696. The van der Waals surface area contributed by atoms with E-state index < -0.39 is 0 Å². The van der Waals surface area contributed by atoms with E-state index in [9.17, 15) is 4.39 Å². The first-order valence-electron chi connectivity index (χ1n) is 7.87. The molecule has 122 valence electrons. The molecule has 3 aromatic rings. The van der Waals surface area contributed by atoms with Crippen LogP contribution < -0.4 is 10.6 Å². The highest BCUT2D eigenvalue weighted by Crippen LogP contribution is 2.22. The van der Waals surface area contributed by atoms with Crippen LogP contribution in [0.25, 0.3) is 0 Å². The molecular formula is C19H19FN4. The van der Waals surface area contributed by atoms with Gasteiger partial charge in [0, 0.05) is 23.1 Å². The van der Waals surface area contributed by atoms with Gasteiger partial charge in [0.1, 0.15) is 11.6 Å². The normalized spacial score (nSPS) is 10.5. The third-order valence-electron chi connectivity index (χ3n) is 3.60. The summed E-state index contributed by atoms with van der Waals surface area (Å²) in [6.45, 7) is 4.00. The minimum atomic E-state index is -0.291. The molecule has 0 spiro atoms. The predicted octanol–water partition coefficient (Wildman–Crippen LogP) is 4.97. The largest absolute Gasteiger partial charge is 0.340 e. The van der Waals surface area contributed by atoms with Gasteiger partial charge in [-0.2, -0.15) is 4.98 Å². The van der Waals surface area contributed by atoms with E-state index >= 15 is 0 Å². The van der Waals surface area contributed by atoms with Crippen LogP contribution in [0.4, 0.5) is 27.5 Å². The molecule has 0 amide bonds. The molecule has 0 radical (unpaired) electrons. The van der Waals surface area contributed by atoms with Crippen molar-refractivity contribution in [2.24, 2.45) is 0 Å². The Labute approximate surface area is 140 Å². The molecule has 4 nitrogen and oxygen atoms in total. The highest BCUT2D eigenvalue weighted by atomic mass is 19.1. The van der Waals surface area contributed by atoms with Gasteiger partial charge < -0.3 is 10.6 Å². The minimum Gasteiger partial charge on any atom is -0.340 e. The number of halogens is 1. The first-order valence-corrected chi connectivity index (χ1v) is 7.87. The molecule has 2 N–H and O–H groups in total. The summed E-state index contributed by atoms with van der Waals surface area (Å²) in [5, 5.41) is 6.37. The monoisotopic (exact) mass is 322 g/mol. The van der Waals surface area contributed by atoms with Gasteiger partial charge >= 0.3 is 0 Å². The molecule has 3 rings (SSSR count). The molecule has 0 saturated carbocycles. The van der Waals surface area contributed by atoms with Crippen molar-refractivity contribution in [2.45, 2.75) is 20.3 Å². The average Bonchev–Trinajstić information content (AvgIpc) is 2.55. The molecule has 5 heteroatoms. The lowest BCUT2D eigenvalue weighted by molar-refractivity contribution is 0.628. The van der Waals surface area contributed by atoms with Gasteiger partial charge in [-0.25, -0.2) is 9.37 Å². The number of benzene rings is 2. The van der Waals surface area contributed by atoms with Crippen molar-refractivity contribution in [3.8, 4) is 0 Å². The number of para-hydroxylation sites is 1. The molecule has 0 atom stereocenters. The van der Waals surface area contributed by atoms with E-state index in [2.05, 4.69) is 33.6 Å². The molecular weight excluding hydrogens is 303 g/mol. The smallest absolute Gasteiger partial charge is 0.229 e. The van der Waals surface area contributed by atoms with E-state index in [-0.39, 0.29) is 5.82 Å². The van der Waals surface area contributed by atoms with Crippen LogP contribution in [0.3, 0.4) is 0 Å². The Balaban J connectivity index is 1.86. The SMILES string of the molecule is CCc1ccccc1Nc1nc(C)cc(Nc2cccc(F)c2)n1. The van der Waals surface area contributed by atoms with Gasteiger partial charge in [0.25, 0.3) is 0 Å². The maximum absolute atomic E-state index is 13.3. The standard InChI is InChI=1S/C19H19FN4/c1-3-14-7-4-5-10-17(14)23-19-21-13(2)11-18(24-19)22-16-9-6-8-15(20)12-16/h4-12H,3H2,1-2H3,(H2,21,22,23,24). The first kappa shape index (κ1) is 15.9. The Morgan fingerprint density at radius 3 is 2.58 bits per heavy atom. The molecule has 24 heavy (non-hydrogen) atoms. The van der Waals surface area contributed by atoms with E-state index in [0.717, 1.165) is 17.8 Å². The van der Waals surface area contributed by atoms with Gasteiger partial charge in [-0.3, -0.25) is 0 Å². The Bertz CT molecular complexity index is 848. The highest BCUT2D eigenvalue weighted by Gasteiger charge is 2.06. The zero-order valence-corrected chi connectivity index (χ0v) is 13.7. The zero-order chi connectivity index (χ0) is 16.9. The number of hydrogen-bond donors (Lipinski definition) is 2. The van der Waals surface area contributed by atoms with Crippen LogP contribution in [-0.2, 0) is 6.42 Å². The molecule has 0 aliphatic carbocycles. The van der Waals surface area contributed by atoms with Crippen molar-refractivity contribution in [3.63, 3.8) is 0 Å². The zero-order valence-electron chi connectivity index (χ0n) is 13.7. The fourth-order valence-electron chi connectivity index (χ4n) is 2.47. The summed E-state index contributed by atoms with van der Waals surface area (Å²) in [4.78, 5) is 8.90. The molecule has 0 fully saturated rings. The van der Waals surface area contributed by atoms with Crippen LogP contribution in [0.1, 0.15) is 18.2 Å². The van der Waals surface area contributed by atoms with Crippen LogP contribution in [0, 0.1) is 12.7 Å². The second-order valence-electron chi connectivity index (χ2n) is 5.49. The summed E-state index contributed by atoms with van der Waals surface area (Å²) < 4.78 is 13.3. The van der Waals surface area contributed by atoms with Crippen LogP contribution in [0.2, 0.25) is 0 Å². The van der Waals surface area contributed by atoms with Gasteiger partial charge in [-0.05, 0) is 43.2 Å².